The first-order valence-electron chi connectivity index (χ1n) is 5.78. The molecular formula is C12H20N4. The molecule has 0 saturated carbocycles. The van der Waals surface area contributed by atoms with Gasteiger partial charge in [0.05, 0.1) is 17.6 Å². The molecule has 0 aromatic carbocycles. The normalized spacial score (nSPS) is 18.6. The van der Waals surface area contributed by atoms with Gasteiger partial charge in [0.15, 0.2) is 0 Å². The van der Waals surface area contributed by atoms with Gasteiger partial charge in [0.2, 0.25) is 0 Å². The highest BCUT2D eigenvalue weighted by Gasteiger charge is 2.20. The van der Waals surface area contributed by atoms with Gasteiger partial charge in [-0.3, -0.25) is 4.98 Å². The Balaban J connectivity index is 2.04. The smallest absolute Gasteiger partial charge is 0.0573 e. The molecule has 0 atom stereocenters. The standard InChI is InChI=1S/C12H20N4/c1-15-5-3-11(4-6-15)16(2)12-7-10(13)8-14-9-12/h7-9,11H,3-6,13H2,1-2H3. The minimum Gasteiger partial charge on any atom is -0.397 e. The molecule has 16 heavy (non-hydrogen) atoms. The van der Waals surface area contributed by atoms with E-state index >= 15 is 0 Å². The van der Waals surface area contributed by atoms with Crippen molar-refractivity contribution in [1.29, 1.82) is 0 Å². The Morgan fingerprint density at radius 2 is 2.06 bits per heavy atom. The second-order valence-electron chi connectivity index (χ2n) is 4.62. The summed E-state index contributed by atoms with van der Waals surface area (Å²) in [6, 6.07) is 2.60. The lowest BCUT2D eigenvalue weighted by molar-refractivity contribution is 0.253. The van der Waals surface area contributed by atoms with E-state index in [1.807, 2.05) is 12.3 Å². The number of nitrogens with zero attached hydrogens (tertiary/aromatic N) is 3. The van der Waals surface area contributed by atoms with Gasteiger partial charge in [0.1, 0.15) is 0 Å². The Bertz CT molecular complexity index is 345. The molecule has 0 aliphatic carbocycles. The van der Waals surface area contributed by atoms with Crippen LogP contribution in [0.4, 0.5) is 11.4 Å². The van der Waals surface area contributed by atoms with Crippen molar-refractivity contribution in [2.24, 2.45) is 0 Å². The number of rotatable bonds is 2. The van der Waals surface area contributed by atoms with E-state index in [9.17, 15) is 0 Å². The van der Waals surface area contributed by atoms with E-state index in [0.29, 0.717) is 6.04 Å². The number of pyridine rings is 1. The van der Waals surface area contributed by atoms with E-state index in [4.69, 9.17) is 5.73 Å². The summed E-state index contributed by atoms with van der Waals surface area (Å²) in [4.78, 5) is 8.82. The van der Waals surface area contributed by atoms with Gasteiger partial charge in [0.25, 0.3) is 0 Å². The van der Waals surface area contributed by atoms with Gasteiger partial charge in [-0.1, -0.05) is 0 Å². The molecular weight excluding hydrogens is 200 g/mol. The largest absolute Gasteiger partial charge is 0.397 e. The van der Waals surface area contributed by atoms with Gasteiger partial charge in [-0.05, 0) is 39.0 Å². The SMILES string of the molecule is CN1CCC(N(C)c2cncc(N)c2)CC1. The Kier molecular flexibility index (Phi) is 3.29. The first-order chi connectivity index (χ1) is 7.66. The van der Waals surface area contributed by atoms with Gasteiger partial charge < -0.3 is 15.5 Å². The molecule has 2 heterocycles. The summed E-state index contributed by atoms with van der Waals surface area (Å²) in [5, 5.41) is 0. The predicted octanol–water partition coefficient (Wildman–Crippen LogP) is 1.19. The number of nitrogens with two attached hydrogens (primary N) is 1. The van der Waals surface area contributed by atoms with Crippen LogP contribution in [0.5, 0.6) is 0 Å². The van der Waals surface area contributed by atoms with Crippen molar-refractivity contribution in [2.45, 2.75) is 18.9 Å². The van der Waals surface area contributed by atoms with E-state index in [1.54, 1.807) is 6.20 Å². The second kappa shape index (κ2) is 4.70. The second-order valence-corrected chi connectivity index (χ2v) is 4.62. The maximum absolute atomic E-state index is 5.75. The zero-order valence-electron chi connectivity index (χ0n) is 10.1. The van der Waals surface area contributed by atoms with Crippen LogP contribution in [0.15, 0.2) is 18.5 Å². The number of piperidine rings is 1. The van der Waals surface area contributed by atoms with Crippen molar-refractivity contribution in [3.63, 3.8) is 0 Å². The van der Waals surface area contributed by atoms with Gasteiger partial charge in [-0.2, -0.15) is 0 Å². The summed E-state index contributed by atoms with van der Waals surface area (Å²) in [5.41, 5.74) is 7.60. The van der Waals surface area contributed by atoms with E-state index < -0.39 is 0 Å². The number of hydrogen-bond acceptors (Lipinski definition) is 4. The maximum Gasteiger partial charge on any atom is 0.0573 e. The minimum atomic E-state index is 0.611. The van der Waals surface area contributed by atoms with Crippen LogP contribution in [0, 0.1) is 0 Å². The fourth-order valence-corrected chi connectivity index (χ4v) is 2.23. The Labute approximate surface area is 97.1 Å². The van der Waals surface area contributed by atoms with Crippen LogP contribution >= 0.6 is 0 Å². The third-order valence-electron chi connectivity index (χ3n) is 3.39. The van der Waals surface area contributed by atoms with Crippen LogP contribution in [0.25, 0.3) is 0 Å². The monoisotopic (exact) mass is 220 g/mol. The molecule has 4 nitrogen and oxygen atoms in total. The lowest BCUT2D eigenvalue weighted by Gasteiger charge is -2.36. The quantitative estimate of drug-likeness (QED) is 0.813. The molecule has 2 N–H and O–H groups in total. The Morgan fingerprint density at radius 1 is 1.38 bits per heavy atom. The van der Waals surface area contributed by atoms with Gasteiger partial charge in [-0.25, -0.2) is 0 Å². The number of likely N-dealkylation sites (tertiary alicyclic amines) is 1. The summed E-state index contributed by atoms with van der Waals surface area (Å²) < 4.78 is 0. The van der Waals surface area contributed by atoms with Crippen molar-refractivity contribution in [2.75, 3.05) is 37.8 Å². The molecule has 1 saturated heterocycles. The van der Waals surface area contributed by atoms with Crippen LogP contribution in [-0.4, -0.2) is 43.1 Å². The topological polar surface area (TPSA) is 45.4 Å². The Morgan fingerprint density at radius 3 is 2.69 bits per heavy atom. The highest BCUT2D eigenvalue weighted by atomic mass is 15.2. The predicted molar refractivity (Wildman–Crippen MR) is 67.6 cm³/mol. The number of anilines is 2. The molecule has 1 aliphatic rings. The van der Waals surface area contributed by atoms with Crippen molar-refractivity contribution in [3.8, 4) is 0 Å². The number of aromatic nitrogens is 1. The zero-order valence-corrected chi connectivity index (χ0v) is 10.1. The number of nitrogen functional groups attached to an aromatic ring is 1. The van der Waals surface area contributed by atoms with E-state index in [1.165, 1.54) is 25.9 Å². The summed E-state index contributed by atoms with van der Waals surface area (Å²) in [7, 11) is 4.31. The maximum atomic E-state index is 5.75. The zero-order chi connectivity index (χ0) is 11.5. The van der Waals surface area contributed by atoms with Crippen LogP contribution < -0.4 is 10.6 Å². The summed E-state index contributed by atoms with van der Waals surface area (Å²) in [5.74, 6) is 0. The van der Waals surface area contributed by atoms with Crippen LogP contribution in [0.3, 0.4) is 0 Å². The highest BCUT2D eigenvalue weighted by molar-refractivity contribution is 5.53. The molecule has 1 fully saturated rings. The molecule has 88 valence electrons. The fraction of sp³-hybridized carbons (Fsp3) is 0.583. The molecule has 1 aromatic rings. The van der Waals surface area contributed by atoms with E-state index in [-0.39, 0.29) is 0 Å². The summed E-state index contributed by atoms with van der Waals surface area (Å²) in [6.45, 7) is 2.34. The van der Waals surface area contributed by atoms with E-state index in [0.717, 1.165) is 11.4 Å². The molecule has 0 amide bonds. The molecule has 1 aliphatic heterocycles. The van der Waals surface area contributed by atoms with Gasteiger partial charge in [-0.15, -0.1) is 0 Å². The van der Waals surface area contributed by atoms with Gasteiger partial charge in [0, 0.05) is 19.3 Å². The first-order valence-corrected chi connectivity index (χ1v) is 5.78. The van der Waals surface area contributed by atoms with Crippen molar-refractivity contribution >= 4 is 11.4 Å². The van der Waals surface area contributed by atoms with Crippen LogP contribution in [-0.2, 0) is 0 Å². The average Bonchev–Trinajstić information content (AvgIpc) is 2.29. The molecule has 0 unspecified atom stereocenters. The van der Waals surface area contributed by atoms with Crippen molar-refractivity contribution < 1.29 is 0 Å². The molecule has 4 heteroatoms. The van der Waals surface area contributed by atoms with E-state index in [2.05, 4.69) is 28.9 Å². The minimum absolute atomic E-state index is 0.611. The third-order valence-corrected chi connectivity index (χ3v) is 3.39. The van der Waals surface area contributed by atoms with Crippen molar-refractivity contribution in [1.82, 2.24) is 9.88 Å². The Hall–Kier alpha value is -1.29. The number of hydrogen-bond donors (Lipinski definition) is 1. The molecule has 0 radical (unpaired) electrons. The van der Waals surface area contributed by atoms with Crippen LogP contribution in [0.1, 0.15) is 12.8 Å². The molecule has 1 aromatic heterocycles. The lowest BCUT2D eigenvalue weighted by Crippen LogP contribution is -2.42. The molecule has 2 rings (SSSR count). The third kappa shape index (κ3) is 2.44. The average molecular weight is 220 g/mol. The lowest BCUT2D eigenvalue weighted by atomic mass is 10.0. The first kappa shape index (κ1) is 11.2. The molecule has 0 spiro atoms. The molecule has 0 bridgehead atoms. The van der Waals surface area contributed by atoms with Gasteiger partial charge >= 0.3 is 0 Å². The summed E-state index contributed by atoms with van der Waals surface area (Å²) >= 11 is 0. The summed E-state index contributed by atoms with van der Waals surface area (Å²) in [6.07, 6.45) is 5.99. The fourth-order valence-electron chi connectivity index (χ4n) is 2.23. The highest BCUT2D eigenvalue weighted by Crippen LogP contribution is 2.22. The van der Waals surface area contributed by atoms with Crippen molar-refractivity contribution in [3.05, 3.63) is 18.5 Å². The van der Waals surface area contributed by atoms with Crippen LogP contribution in [0.2, 0.25) is 0 Å².